The molecule has 0 saturated carbocycles. The molecule has 1 aromatic heterocycles. The van der Waals surface area contributed by atoms with Gasteiger partial charge in [0.15, 0.2) is 0 Å². The number of hydrogen-bond donors (Lipinski definition) is 1. The zero-order valence-corrected chi connectivity index (χ0v) is 11.1. The second-order valence-corrected chi connectivity index (χ2v) is 5.71. The molecule has 0 aliphatic heterocycles. The molecule has 0 bridgehead atoms. The maximum atomic E-state index is 12.9. The van der Waals surface area contributed by atoms with E-state index in [1.54, 1.807) is 0 Å². The summed E-state index contributed by atoms with van der Waals surface area (Å²) in [6, 6.07) is 7.40. The van der Waals surface area contributed by atoms with Crippen LogP contribution in [0.3, 0.4) is 0 Å². The average Bonchev–Trinajstić information content (AvgIpc) is 2.69. The number of rotatable bonds is 5. The summed E-state index contributed by atoms with van der Waals surface area (Å²) in [6.45, 7) is 1.38. The third kappa shape index (κ3) is 4.05. The topological polar surface area (TPSA) is 12.0 Å². The van der Waals surface area contributed by atoms with E-state index in [2.05, 4.69) is 5.32 Å². The van der Waals surface area contributed by atoms with Crippen LogP contribution in [0.1, 0.15) is 10.4 Å². The molecule has 18 heavy (non-hydrogen) atoms. The van der Waals surface area contributed by atoms with Crippen molar-refractivity contribution >= 4 is 22.9 Å². The SMILES string of the molecule is Fc1cc(F)cc(CCNCc2ccc(Cl)s2)c1. The van der Waals surface area contributed by atoms with E-state index in [1.807, 2.05) is 12.1 Å². The van der Waals surface area contributed by atoms with Crippen molar-refractivity contribution < 1.29 is 8.78 Å². The summed E-state index contributed by atoms with van der Waals surface area (Å²) >= 11 is 7.33. The second-order valence-electron chi connectivity index (χ2n) is 3.91. The summed E-state index contributed by atoms with van der Waals surface area (Å²) in [5, 5.41) is 3.21. The first-order chi connectivity index (χ1) is 8.63. The van der Waals surface area contributed by atoms with E-state index < -0.39 is 11.6 Å². The van der Waals surface area contributed by atoms with Gasteiger partial charge in [-0.15, -0.1) is 11.3 Å². The molecule has 96 valence electrons. The van der Waals surface area contributed by atoms with Crippen LogP contribution in [0.25, 0.3) is 0 Å². The lowest BCUT2D eigenvalue weighted by molar-refractivity contribution is 0.577. The second kappa shape index (κ2) is 6.27. The zero-order chi connectivity index (χ0) is 13.0. The Kier molecular flexibility index (Phi) is 4.69. The minimum absolute atomic E-state index is 0.532. The van der Waals surface area contributed by atoms with E-state index in [0.717, 1.165) is 21.8 Å². The molecule has 1 heterocycles. The third-order valence-electron chi connectivity index (χ3n) is 2.44. The molecular formula is C13H12ClF2NS. The van der Waals surface area contributed by atoms with Crippen LogP contribution in [0.2, 0.25) is 4.34 Å². The highest BCUT2D eigenvalue weighted by Crippen LogP contribution is 2.20. The average molecular weight is 288 g/mol. The fraction of sp³-hybridized carbons (Fsp3) is 0.231. The van der Waals surface area contributed by atoms with Crippen molar-refractivity contribution in [2.75, 3.05) is 6.54 Å². The van der Waals surface area contributed by atoms with Crippen LogP contribution in [0.15, 0.2) is 30.3 Å². The van der Waals surface area contributed by atoms with Crippen LogP contribution < -0.4 is 5.32 Å². The van der Waals surface area contributed by atoms with Crippen LogP contribution >= 0.6 is 22.9 Å². The lowest BCUT2D eigenvalue weighted by atomic mass is 10.1. The predicted octanol–water partition coefficient (Wildman–Crippen LogP) is 4.01. The number of thiophene rings is 1. The maximum absolute atomic E-state index is 12.9. The maximum Gasteiger partial charge on any atom is 0.126 e. The van der Waals surface area contributed by atoms with Crippen molar-refractivity contribution in [3.05, 3.63) is 56.7 Å². The van der Waals surface area contributed by atoms with Gasteiger partial charge in [0.1, 0.15) is 11.6 Å². The minimum Gasteiger partial charge on any atom is -0.312 e. The Morgan fingerprint density at radius 1 is 1.11 bits per heavy atom. The lowest BCUT2D eigenvalue weighted by Crippen LogP contribution is -2.16. The van der Waals surface area contributed by atoms with Crippen molar-refractivity contribution in [2.24, 2.45) is 0 Å². The number of halogens is 3. The largest absolute Gasteiger partial charge is 0.312 e. The molecule has 1 nitrogen and oxygen atoms in total. The summed E-state index contributed by atoms with van der Waals surface area (Å²) in [4.78, 5) is 1.14. The van der Waals surface area contributed by atoms with Crippen LogP contribution in [0, 0.1) is 11.6 Å². The van der Waals surface area contributed by atoms with Gasteiger partial charge in [0.25, 0.3) is 0 Å². The van der Waals surface area contributed by atoms with Gasteiger partial charge >= 0.3 is 0 Å². The quantitative estimate of drug-likeness (QED) is 0.819. The van der Waals surface area contributed by atoms with E-state index in [-0.39, 0.29) is 0 Å². The summed E-state index contributed by atoms with van der Waals surface area (Å²) in [5.41, 5.74) is 0.657. The van der Waals surface area contributed by atoms with Gasteiger partial charge in [0.2, 0.25) is 0 Å². The predicted molar refractivity (Wildman–Crippen MR) is 71.1 cm³/mol. The van der Waals surface area contributed by atoms with Crippen molar-refractivity contribution in [1.82, 2.24) is 5.32 Å². The standard InChI is InChI=1S/C13H12ClF2NS/c14-13-2-1-12(18-13)8-17-4-3-9-5-10(15)7-11(16)6-9/h1-2,5-7,17H,3-4,8H2. The molecule has 1 N–H and O–H groups in total. The highest BCUT2D eigenvalue weighted by molar-refractivity contribution is 7.16. The van der Waals surface area contributed by atoms with Crippen molar-refractivity contribution in [3.63, 3.8) is 0 Å². The lowest BCUT2D eigenvalue weighted by Gasteiger charge is -2.04. The number of benzene rings is 1. The number of hydrogen-bond acceptors (Lipinski definition) is 2. The van der Waals surface area contributed by atoms with Gasteiger partial charge in [-0.05, 0) is 42.8 Å². The Hall–Kier alpha value is -0.970. The summed E-state index contributed by atoms with van der Waals surface area (Å²) in [7, 11) is 0. The third-order valence-corrected chi connectivity index (χ3v) is 3.67. The monoisotopic (exact) mass is 287 g/mol. The smallest absolute Gasteiger partial charge is 0.126 e. The van der Waals surface area contributed by atoms with E-state index in [0.29, 0.717) is 18.5 Å². The van der Waals surface area contributed by atoms with Crippen LogP contribution in [0.4, 0.5) is 8.78 Å². The first-order valence-electron chi connectivity index (χ1n) is 5.53. The molecule has 0 saturated heterocycles. The van der Waals surface area contributed by atoms with E-state index >= 15 is 0 Å². The number of nitrogens with one attached hydrogen (secondary N) is 1. The molecule has 1 aromatic carbocycles. The van der Waals surface area contributed by atoms with E-state index in [1.165, 1.54) is 23.5 Å². The van der Waals surface area contributed by atoms with Gasteiger partial charge in [0, 0.05) is 17.5 Å². The fourth-order valence-corrected chi connectivity index (χ4v) is 2.70. The Labute approximate surface area is 113 Å². The van der Waals surface area contributed by atoms with Crippen molar-refractivity contribution in [3.8, 4) is 0 Å². The first-order valence-corrected chi connectivity index (χ1v) is 6.73. The first kappa shape index (κ1) is 13.5. The molecule has 5 heteroatoms. The fourth-order valence-electron chi connectivity index (χ4n) is 1.65. The molecule has 0 aliphatic carbocycles. The van der Waals surface area contributed by atoms with Crippen molar-refractivity contribution in [1.29, 1.82) is 0 Å². The Bertz CT molecular complexity index is 507. The van der Waals surface area contributed by atoms with E-state index in [9.17, 15) is 8.78 Å². The molecule has 2 rings (SSSR count). The van der Waals surface area contributed by atoms with Gasteiger partial charge in [-0.2, -0.15) is 0 Å². The molecule has 0 unspecified atom stereocenters. The normalized spacial score (nSPS) is 10.8. The summed E-state index contributed by atoms with van der Waals surface area (Å²) in [5.74, 6) is -1.06. The van der Waals surface area contributed by atoms with Gasteiger partial charge in [-0.3, -0.25) is 0 Å². The van der Waals surface area contributed by atoms with Crippen LogP contribution in [-0.2, 0) is 13.0 Å². The summed E-state index contributed by atoms with van der Waals surface area (Å²) < 4.78 is 26.6. The van der Waals surface area contributed by atoms with Gasteiger partial charge in [-0.25, -0.2) is 8.78 Å². The van der Waals surface area contributed by atoms with Crippen LogP contribution in [0.5, 0.6) is 0 Å². The zero-order valence-electron chi connectivity index (χ0n) is 9.55. The molecule has 0 fully saturated rings. The highest BCUT2D eigenvalue weighted by atomic mass is 35.5. The van der Waals surface area contributed by atoms with Gasteiger partial charge in [-0.1, -0.05) is 11.6 Å². The molecular weight excluding hydrogens is 276 g/mol. The van der Waals surface area contributed by atoms with Crippen molar-refractivity contribution in [2.45, 2.75) is 13.0 Å². The van der Waals surface area contributed by atoms with E-state index in [4.69, 9.17) is 11.6 Å². The van der Waals surface area contributed by atoms with Gasteiger partial charge in [0.05, 0.1) is 4.34 Å². The molecule has 0 aliphatic rings. The molecule has 0 atom stereocenters. The molecule has 0 radical (unpaired) electrons. The Morgan fingerprint density at radius 3 is 2.44 bits per heavy atom. The Balaban J connectivity index is 1.78. The Morgan fingerprint density at radius 2 is 1.83 bits per heavy atom. The molecule has 0 spiro atoms. The molecule has 0 amide bonds. The highest BCUT2D eigenvalue weighted by Gasteiger charge is 2.01. The van der Waals surface area contributed by atoms with Crippen LogP contribution in [-0.4, -0.2) is 6.54 Å². The minimum atomic E-state index is -0.532. The summed E-state index contributed by atoms with van der Waals surface area (Å²) in [6.07, 6.45) is 0.591. The van der Waals surface area contributed by atoms with Gasteiger partial charge < -0.3 is 5.32 Å². The molecule has 2 aromatic rings.